The summed E-state index contributed by atoms with van der Waals surface area (Å²) in [6.45, 7) is 12.0. The predicted octanol–water partition coefficient (Wildman–Crippen LogP) is 13.7. The highest BCUT2D eigenvalue weighted by Crippen LogP contribution is 2.47. The summed E-state index contributed by atoms with van der Waals surface area (Å²) in [5.41, 5.74) is 1.17. The molecule has 88 heavy (non-hydrogen) atoms. The van der Waals surface area contributed by atoms with Crippen molar-refractivity contribution >= 4 is 66.8 Å². The molecular formula is C62H55F4N10O9PS2. The second kappa shape index (κ2) is 28.0. The first-order valence-electron chi connectivity index (χ1n) is 26.6. The molecule has 6 aromatic carbocycles. The van der Waals surface area contributed by atoms with Gasteiger partial charge in [0.1, 0.15) is 82.4 Å². The lowest BCUT2D eigenvalue weighted by molar-refractivity contribution is -0.148. The molecule has 0 saturated heterocycles. The van der Waals surface area contributed by atoms with Crippen LogP contribution in [0.2, 0.25) is 0 Å². The van der Waals surface area contributed by atoms with Gasteiger partial charge >= 0.3 is 11.9 Å². The first-order chi connectivity index (χ1) is 42.3. The number of carbonyl (C=O) groups is 2. The molecule has 2 unspecified atom stereocenters. The zero-order valence-electron chi connectivity index (χ0n) is 47.5. The third-order valence-corrected chi connectivity index (χ3v) is 16.6. The van der Waals surface area contributed by atoms with E-state index in [2.05, 4.69) is 43.6 Å². The predicted molar refractivity (Wildman–Crippen MR) is 324 cm³/mol. The van der Waals surface area contributed by atoms with Gasteiger partial charge in [-0.25, -0.2) is 56.5 Å². The van der Waals surface area contributed by atoms with Crippen molar-refractivity contribution < 1.29 is 60.3 Å². The summed E-state index contributed by atoms with van der Waals surface area (Å²) >= 11 is 2.66. The summed E-state index contributed by atoms with van der Waals surface area (Å²) in [6, 6.07) is 33.2. The summed E-state index contributed by atoms with van der Waals surface area (Å²) in [7, 11) is -3.00. The minimum Gasteiger partial charge on any atom is -0.507 e. The van der Waals surface area contributed by atoms with Gasteiger partial charge in [-0.2, -0.15) is 10.2 Å². The SMILES string of the molecule is C=Nc1ccc(-c2csc([C@H](C)C(Cn3cncn3)(OCOC(=O)c3ccccc3O)c3ccc(F)cc3F)n2)cc1.C=Nc1ccc(-c2csc([C@H](C)C(Cn3cncn3)(OCOC(=O)c3ccccc3OP(C)(C)=O)c3ccc(F)cc3F)n2)cc1. The summed E-state index contributed by atoms with van der Waals surface area (Å²) in [6.07, 6.45) is 5.50. The molecule has 4 heterocycles. The molecule has 10 aromatic rings. The second-order valence-electron chi connectivity index (χ2n) is 20.0. The van der Waals surface area contributed by atoms with Crippen LogP contribution in [0.5, 0.6) is 11.5 Å². The van der Waals surface area contributed by atoms with Crippen LogP contribution in [0.1, 0.15) is 67.5 Å². The highest BCUT2D eigenvalue weighted by atomic mass is 32.1. The smallest absolute Gasteiger partial charge is 0.344 e. The molecule has 4 atom stereocenters. The third-order valence-electron chi connectivity index (χ3n) is 13.9. The van der Waals surface area contributed by atoms with Crippen LogP contribution in [0, 0.1) is 23.3 Å². The van der Waals surface area contributed by atoms with Gasteiger partial charge in [-0.3, -0.25) is 14.5 Å². The number of nitrogens with zero attached hydrogens (tertiary/aromatic N) is 10. The number of thiazole rings is 2. The lowest BCUT2D eigenvalue weighted by Gasteiger charge is -2.38. The Morgan fingerprint density at radius 2 is 1.06 bits per heavy atom. The first-order valence-corrected chi connectivity index (χ1v) is 30.9. The topological polar surface area (TPSA) is 230 Å². The number of aromatic hydroxyl groups is 1. The molecule has 10 rings (SSSR count). The molecule has 0 spiro atoms. The molecule has 0 aliphatic rings. The molecule has 0 fully saturated rings. The van der Waals surface area contributed by atoms with Gasteiger partial charge in [0.25, 0.3) is 0 Å². The fraction of sp³-hybridized carbons (Fsp3) is 0.194. The van der Waals surface area contributed by atoms with Crippen LogP contribution in [-0.4, -0.2) is 96.9 Å². The Labute approximate surface area is 510 Å². The number of rotatable bonds is 24. The number of halogens is 4. The number of esters is 2. The molecule has 452 valence electrons. The van der Waals surface area contributed by atoms with Gasteiger partial charge in [0.15, 0.2) is 13.6 Å². The Bertz CT molecular complexity index is 4100. The molecule has 19 nitrogen and oxygen atoms in total. The molecular weight excluding hydrogens is 1200 g/mol. The summed E-state index contributed by atoms with van der Waals surface area (Å²) in [5.74, 6) is -6.47. The van der Waals surface area contributed by atoms with E-state index in [9.17, 15) is 28.0 Å². The van der Waals surface area contributed by atoms with E-state index in [0.29, 0.717) is 32.8 Å². The number of hydrogen-bond acceptors (Lipinski definition) is 19. The number of para-hydroxylation sites is 2. The van der Waals surface area contributed by atoms with Gasteiger partial charge in [0.05, 0.1) is 45.9 Å². The fourth-order valence-corrected chi connectivity index (χ4v) is 12.0. The van der Waals surface area contributed by atoms with Crippen molar-refractivity contribution in [2.75, 3.05) is 26.9 Å². The van der Waals surface area contributed by atoms with Gasteiger partial charge in [0.2, 0.25) is 7.37 Å². The van der Waals surface area contributed by atoms with Crippen molar-refractivity contribution in [3.8, 4) is 34.0 Å². The van der Waals surface area contributed by atoms with Crippen LogP contribution >= 0.6 is 30.0 Å². The molecule has 0 amide bonds. The normalized spacial score (nSPS) is 13.4. The Morgan fingerprint density at radius 1 is 0.625 bits per heavy atom. The number of phenols is 1. The molecule has 0 saturated carbocycles. The molecule has 0 bridgehead atoms. The van der Waals surface area contributed by atoms with Crippen molar-refractivity contribution in [1.82, 2.24) is 39.5 Å². The zero-order chi connectivity index (χ0) is 62.6. The molecule has 26 heteroatoms. The average molecular weight is 1260 g/mol. The summed E-state index contributed by atoms with van der Waals surface area (Å²) in [5, 5.41) is 23.3. The molecule has 0 aliphatic heterocycles. The van der Waals surface area contributed by atoms with Crippen molar-refractivity contribution in [2.24, 2.45) is 9.98 Å². The second-order valence-corrected chi connectivity index (χ2v) is 24.4. The number of aliphatic imine (C=N–C) groups is 2. The molecule has 1 N–H and O–H groups in total. The molecule has 4 aromatic heterocycles. The number of carbonyl (C=O) groups excluding carboxylic acids is 2. The maximum Gasteiger partial charge on any atom is 0.344 e. The summed E-state index contributed by atoms with van der Waals surface area (Å²) < 4.78 is 104. The number of aromatic nitrogens is 8. The van der Waals surface area contributed by atoms with Crippen LogP contribution in [0.15, 0.2) is 180 Å². The van der Waals surface area contributed by atoms with E-state index in [1.165, 1.54) is 107 Å². The van der Waals surface area contributed by atoms with Gasteiger partial charge in [-0.05, 0) is 74.1 Å². The quantitative estimate of drug-likeness (QED) is 0.0195. The Kier molecular flexibility index (Phi) is 20.1. The van der Waals surface area contributed by atoms with Gasteiger partial charge in [-0.15, -0.1) is 22.7 Å². The molecule has 0 aliphatic carbocycles. The van der Waals surface area contributed by atoms with Crippen LogP contribution in [0.25, 0.3) is 22.5 Å². The van der Waals surface area contributed by atoms with Crippen LogP contribution in [-0.2, 0) is 47.8 Å². The highest BCUT2D eigenvalue weighted by molar-refractivity contribution is 7.57. The van der Waals surface area contributed by atoms with Gasteiger partial charge < -0.3 is 28.6 Å². The van der Waals surface area contributed by atoms with Crippen molar-refractivity contribution in [3.05, 3.63) is 225 Å². The Morgan fingerprint density at radius 3 is 1.47 bits per heavy atom. The fourth-order valence-electron chi connectivity index (χ4n) is 9.42. The van der Waals surface area contributed by atoms with E-state index >= 15 is 8.78 Å². The minimum atomic E-state index is -3.00. The maximum atomic E-state index is 15.7. The number of phenolic OH excluding ortho intramolecular Hbond substituents is 1. The number of benzene rings is 6. The van der Waals surface area contributed by atoms with Crippen LogP contribution < -0.4 is 4.52 Å². The lowest BCUT2D eigenvalue weighted by atomic mass is 9.81. The standard InChI is InChI=1S/C32H30F2N5O5PS.C30H25F2N5O4S/c1-21(30-38-28(16-46-30)22-9-12-24(35-2)13-10-22)32(17-39-19-36-18-37-39,26-14-11-23(33)15-27(26)34)43-20-42-31(40)25-7-5-6-8-29(25)44-45(3,4)41;1-19(28-36-26(14-42-28)20-7-10-22(33-2)11-8-20)30(15-37-17-34-16-35-37,24-12-9-21(31)13-25(24)32)41-18-40-29(39)23-5-3-4-6-27(23)38/h5-16,18-19,21H,2,17,20H2,1,3-4H3;3-14,16-17,19,38H,2,15,18H2,1H3/t21-,32?;19-,30?/m00/s1. The van der Waals surface area contributed by atoms with Crippen LogP contribution in [0.3, 0.4) is 0 Å². The zero-order valence-corrected chi connectivity index (χ0v) is 50.1. The van der Waals surface area contributed by atoms with Gasteiger partial charge in [-0.1, -0.05) is 74.5 Å². The summed E-state index contributed by atoms with van der Waals surface area (Å²) in [4.78, 5) is 51.4. The largest absolute Gasteiger partial charge is 0.507 e. The maximum absolute atomic E-state index is 15.7. The highest BCUT2D eigenvalue weighted by Gasteiger charge is 2.47. The van der Waals surface area contributed by atoms with Gasteiger partial charge in [0, 0.05) is 70.3 Å². The Balaban J connectivity index is 0.000000210. The van der Waals surface area contributed by atoms with E-state index < -0.39 is 79.2 Å². The van der Waals surface area contributed by atoms with E-state index in [-0.39, 0.29) is 46.8 Å². The van der Waals surface area contributed by atoms with Crippen molar-refractivity contribution in [2.45, 2.75) is 50.0 Å². The average Bonchev–Trinajstić information content (AvgIpc) is 2.24. The van der Waals surface area contributed by atoms with E-state index in [0.717, 1.165) is 35.4 Å². The Hall–Kier alpha value is -9.39. The van der Waals surface area contributed by atoms with E-state index in [1.54, 1.807) is 38.1 Å². The number of hydrogen-bond donors (Lipinski definition) is 1. The van der Waals surface area contributed by atoms with E-state index in [1.807, 2.05) is 59.3 Å². The monoisotopic (exact) mass is 1250 g/mol. The van der Waals surface area contributed by atoms with Crippen LogP contribution in [0.4, 0.5) is 28.9 Å². The van der Waals surface area contributed by atoms with E-state index in [4.69, 9.17) is 33.4 Å². The van der Waals surface area contributed by atoms with Crippen molar-refractivity contribution in [1.29, 1.82) is 0 Å². The van der Waals surface area contributed by atoms with Crippen molar-refractivity contribution in [3.63, 3.8) is 0 Å². The lowest BCUT2D eigenvalue weighted by Crippen LogP contribution is -2.42. The first kappa shape index (κ1) is 63.1. The third kappa shape index (κ3) is 14.9. The number of ether oxygens (including phenoxy) is 4. The minimum absolute atomic E-state index is 0.00340. The molecule has 0 radical (unpaired) electrons.